The molecule has 0 amide bonds. The molecule has 2 aromatic rings. The number of rotatable bonds is 2. The highest BCUT2D eigenvalue weighted by Gasteiger charge is 2.70. The van der Waals surface area contributed by atoms with Crippen molar-refractivity contribution >= 4 is 11.6 Å². The fourth-order valence-corrected chi connectivity index (χ4v) is 5.11. The lowest BCUT2D eigenvalue weighted by Crippen LogP contribution is -2.71. The van der Waals surface area contributed by atoms with Gasteiger partial charge in [-0.15, -0.1) is 11.6 Å². The normalized spacial score (nSPS) is 34.9. The van der Waals surface area contributed by atoms with Crippen LogP contribution in [-0.4, -0.2) is 29.2 Å². The van der Waals surface area contributed by atoms with Crippen LogP contribution in [0.1, 0.15) is 48.9 Å². The summed E-state index contributed by atoms with van der Waals surface area (Å²) in [5, 5.41) is 4.61. The zero-order valence-electron chi connectivity index (χ0n) is 12.3. The first kappa shape index (κ1) is 12.8. The van der Waals surface area contributed by atoms with Crippen molar-refractivity contribution in [3.05, 3.63) is 40.1 Å². The lowest BCUT2D eigenvalue weighted by molar-refractivity contribution is -0.0769. The van der Waals surface area contributed by atoms with Crippen LogP contribution in [0.15, 0.2) is 17.2 Å². The molecule has 0 N–H and O–H groups in total. The Kier molecular flexibility index (Phi) is 2.21. The van der Waals surface area contributed by atoms with Crippen LogP contribution < -0.4 is 5.69 Å². The first-order valence-electron chi connectivity index (χ1n) is 7.68. The number of hydrogen-bond acceptors (Lipinski definition) is 4. The number of fused-ring (bicyclic) bond motifs is 1. The van der Waals surface area contributed by atoms with Crippen molar-refractivity contribution in [2.24, 2.45) is 0 Å². The summed E-state index contributed by atoms with van der Waals surface area (Å²) in [6, 6.07) is -0.0408. The SMILES string of the molecule is Cc1cncc([C@@H]2CCc3nn(C45CC(Cl)(C4)C5)c(=O)n32)n1. The van der Waals surface area contributed by atoms with E-state index in [0.717, 1.165) is 49.3 Å². The van der Waals surface area contributed by atoms with Crippen molar-refractivity contribution in [1.29, 1.82) is 0 Å². The van der Waals surface area contributed by atoms with Gasteiger partial charge in [-0.3, -0.25) is 14.5 Å². The Hall–Kier alpha value is -1.69. The van der Waals surface area contributed by atoms with Gasteiger partial charge in [-0.05, 0) is 32.6 Å². The Morgan fingerprint density at radius 2 is 2.09 bits per heavy atom. The Morgan fingerprint density at radius 1 is 1.32 bits per heavy atom. The van der Waals surface area contributed by atoms with E-state index in [-0.39, 0.29) is 22.1 Å². The molecule has 7 heteroatoms. The van der Waals surface area contributed by atoms with E-state index in [1.165, 1.54) is 0 Å². The lowest BCUT2D eigenvalue weighted by atomic mass is 9.49. The van der Waals surface area contributed by atoms with E-state index in [1.54, 1.807) is 17.1 Å². The number of alkyl halides is 1. The summed E-state index contributed by atoms with van der Waals surface area (Å²) < 4.78 is 3.51. The van der Waals surface area contributed by atoms with Crippen molar-refractivity contribution in [3.8, 4) is 0 Å². The van der Waals surface area contributed by atoms with Gasteiger partial charge in [0, 0.05) is 12.6 Å². The fourth-order valence-electron chi connectivity index (χ4n) is 4.37. The van der Waals surface area contributed by atoms with E-state index >= 15 is 0 Å². The van der Waals surface area contributed by atoms with Crippen LogP contribution in [0.3, 0.4) is 0 Å². The molecule has 22 heavy (non-hydrogen) atoms. The van der Waals surface area contributed by atoms with Crippen molar-refractivity contribution in [1.82, 2.24) is 24.3 Å². The maximum absolute atomic E-state index is 12.9. The van der Waals surface area contributed by atoms with Crippen LogP contribution >= 0.6 is 11.6 Å². The maximum Gasteiger partial charge on any atom is 0.347 e. The molecule has 0 unspecified atom stereocenters. The third-order valence-electron chi connectivity index (χ3n) is 5.34. The molecule has 0 radical (unpaired) electrons. The summed E-state index contributed by atoms with van der Waals surface area (Å²) in [7, 11) is 0. The van der Waals surface area contributed by atoms with Crippen LogP contribution in [0.5, 0.6) is 0 Å². The van der Waals surface area contributed by atoms with Crippen molar-refractivity contribution < 1.29 is 0 Å². The number of aryl methyl sites for hydroxylation is 2. The summed E-state index contributed by atoms with van der Waals surface area (Å²) in [5.74, 6) is 0.867. The Labute approximate surface area is 132 Å². The topological polar surface area (TPSA) is 65.6 Å². The molecule has 0 saturated heterocycles. The van der Waals surface area contributed by atoms with Gasteiger partial charge >= 0.3 is 5.69 Å². The molecule has 3 saturated carbocycles. The highest BCUT2D eigenvalue weighted by atomic mass is 35.5. The van der Waals surface area contributed by atoms with Gasteiger partial charge < -0.3 is 0 Å². The quantitative estimate of drug-likeness (QED) is 0.788. The zero-order valence-corrected chi connectivity index (χ0v) is 13.0. The zero-order chi connectivity index (χ0) is 15.1. The minimum Gasteiger partial charge on any atom is -0.270 e. The van der Waals surface area contributed by atoms with Gasteiger partial charge in [0.1, 0.15) is 5.82 Å². The number of aromatic nitrogens is 5. The summed E-state index contributed by atoms with van der Waals surface area (Å²) in [5.41, 5.74) is 1.60. The van der Waals surface area contributed by atoms with E-state index in [1.807, 2.05) is 11.5 Å². The molecular weight excluding hydrogens is 302 g/mol. The second-order valence-electron chi connectivity index (χ2n) is 7.03. The molecule has 3 heterocycles. The molecular formula is C15H16ClN5O. The molecule has 0 spiro atoms. The van der Waals surface area contributed by atoms with Gasteiger partial charge in [0.15, 0.2) is 0 Å². The van der Waals surface area contributed by atoms with E-state index < -0.39 is 0 Å². The van der Waals surface area contributed by atoms with E-state index in [4.69, 9.17) is 11.6 Å². The van der Waals surface area contributed by atoms with E-state index in [0.29, 0.717) is 0 Å². The van der Waals surface area contributed by atoms with E-state index in [9.17, 15) is 4.79 Å². The fraction of sp³-hybridized carbons (Fsp3) is 0.600. The molecule has 6 rings (SSSR count). The standard InChI is InChI=1S/C15H16ClN5O/c1-9-4-17-5-10(18-9)11-2-3-12-19-21(13(22)20(11)12)15-6-14(16,7-15)8-15/h4-5,11H,2-3,6-8H2,1H3/t11-,14?,15?/m0/s1. The first-order chi connectivity index (χ1) is 10.5. The Balaban J connectivity index is 1.58. The molecule has 2 bridgehead atoms. The third kappa shape index (κ3) is 1.46. The second kappa shape index (κ2) is 3.79. The highest BCUT2D eigenvalue weighted by Crippen LogP contribution is 2.68. The van der Waals surface area contributed by atoms with Crippen LogP contribution in [0.4, 0.5) is 0 Å². The van der Waals surface area contributed by atoms with Crippen LogP contribution in [-0.2, 0) is 12.0 Å². The monoisotopic (exact) mass is 317 g/mol. The molecule has 0 aromatic carbocycles. The predicted octanol–water partition coefficient (Wildman–Crippen LogP) is 1.55. The van der Waals surface area contributed by atoms with Gasteiger partial charge in [0.2, 0.25) is 0 Å². The number of nitrogens with zero attached hydrogens (tertiary/aromatic N) is 5. The number of halogens is 1. The summed E-state index contributed by atoms with van der Waals surface area (Å²) >= 11 is 6.33. The van der Waals surface area contributed by atoms with Crippen molar-refractivity contribution in [2.75, 3.05) is 0 Å². The van der Waals surface area contributed by atoms with Crippen LogP contribution in [0.2, 0.25) is 0 Å². The molecule has 1 aliphatic heterocycles. The van der Waals surface area contributed by atoms with Gasteiger partial charge in [-0.25, -0.2) is 9.48 Å². The summed E-state index contributed by atoms with van der Waals surface area (Å²) in [6.45, 7) is 1.92. The minimum absolute atomic E-state index is 0.0146. The average molecular weight is 318 g/mol. The van der Waals surface area contributed by atoms with Crippen molar-refractivity contribution in [2.45, 2.75) is 55.5 Å². The van der Waals surface area contributed by atoms with Crippen molar-refractivity contribution in [3.63, 3.8) is 0 Å². The smallest absolute Gasteiger partial charge is 0.270 e. The number of hydrogen-bond donors (Lipinski definition) is 0. The molecule has 3 aliphatic carbocycles. The molecule has 2 aromatic heterocycles. The van der Waals surface area contributed by atoms with Gasteiger partial charge in [-0.1, -0.05) is 0 Å². The minimum atomic E-state index is -0.112. The van der Waals surface area contributed by atoms with Gasteiger partial charge in [0.25, 0.3) is 0 Å². The van der Waals surface area contributed by atoms with Crippen LogP contribution in [0.25, 0.3) is 0 Å². The third-order valence-corrected chi connectivity index (χ3v) is 5.74. The average Bonchev–Trinajstić information content (AvgIpc) is 2.95. The Morgan fingerprint density at radius 3 is 2.77 bits per heavy atom. The molecule has 1 atom stereocenters. The largest absolute Gasteiger partial charge is 0.347 e. The highest BCUT2D eigenvalue weighted by molar-refractivity contribution is 6.26. The summed E-state index contributed by atoms with van der Waals surface area (Å²) in [6.07, 6.45) is 7.76. The molecule has 3 fully saturated rings. The second-order valence-corrected chi connectivity index (χ2v) is 7.83. The van der Waals surface area contributed by atoms with Gasteiger partial charge in [-0.2, -0.15) is 5.10 Å². The predicted molar refractivity (Wildman–Crippen MR) is 80.1 cm³/mol. The molecule has 4 aliphatic rings. The van der Waals surface area contributed by atoms with Crippen LogP contribution in [0, 0.1) is 6.92 Å². The maximum atomic E-state index is 12.9. The molecule has 114 valence electrons. The van der Waals surface area contributed by atoms with Gasteiger partial charge in [0.05, 0.1) is 34.0 Å². The Bertz CT molecular complexity index is 834. The first-order valence-corrected chi connectivity index (χ1v) is 8.06. The lowest BCUT2D eigenvalue weighted by Gasteiger charge is -2.66. The van der Waals surface area contributed by atoms with E-state index in [2.05, 4.69) is 15.1 Å². The summed E-state index contributed by atoms with van der Waals surface area (Å²) in [4.78, 5) is 21.6. The molecule has 6 nitrogen and oxygen atoms in total.